The summed E-state index contributed by atoms with van der Waals surface area (Å²) in [5.74, 6) is 1.54. The Morgan fingerprint density at radius 2 is 1.65 bits per heavy atom. The van der Waals surface area contributed by atoms with E-state index in [1.165, 1.54) is 11.1 Å². The van der Waals surface area contributed by atoms with Gasteiger partial charge in [-0.05, 0) is 68.8 Å². The predicted molar refractivity (Wildman–Crippen MR) is 144 cm³/mol. The molecule has 3 aromatic rings. The van der Waals surface area contributed by atoms with Crippen LogP contribution in [-0.2, 0) is 4.79 Å². The van der Waals surface area contributed by atoms with Gasteiger partial charge in [0.2, 0.25) is 5.91 Å². The number of carbonyl (C=O) groups excluding carboxylic acids is 2. The number of likely N-dealkylation sites (N-methyl/N-ethyl adjacent to an activating group) is 1. The molecule has 7 nitrogen and oxygen atoms in total. The van der Waals surface area contributed by atoms with Crippen molar-refractivity contribution in [3.05, 3.63) is 83.7 Å². The smallest absolute Gasteiger partial charge is 0.251 e. The molecule has 1 aromatic heterocycles. The SMILES string of the molecule is Cc1ccc([C@@H]2C[C@H]2CCC(NC(=O)c2ccc(-c3ncccn3)cc2)C(=O)N2CCN(C)CC2)cc1. The van der Waals surface area contributed by atoms with Crippen molar-refractivity contribution in [2.45, 2.75) is 38.1 Å². The zero-order valence-corrected chi connectivity index (χ0v) is 21.6. The van der Waals surface area contributed by atoms with Gasteiger partial charge in [0.25, 0.3) is 5.91 Å². The largest absolute Gasteiger partial charge is 0.340 e. The molecule has 2 aromatic carbocycles. The van der Waals surface area contributed by atoms with E-state index in [1.54, 1.807) is 30.6 Å². The van der Waals surface area contributed by atoms with E-state index in [4.69, 9.17) is 0 Å². The molecule has 2 heterocycles. The van der Waals surface area contributed by atoms with Crippen LogP contribution >= 0.6 is 0 Å². The molecule has 3 atom stereocenters. The average Bonchev–Trinajstić information content (AvgIpc) is 3.71. The third kappa shape index (κ3) is 6.23. The number of hydrogen-bond acceptors (Lipinski definition) is 5. The van der Waals surface area contributed by atoms with Crippen LogP contribution in [0.3, 0.4) is 0 Å². The molecule has 37 heavy (non-hydrogen) atoms. The lowest BCUT2D eigenvalue weighted by Crippen LogP contribution is -2.54. The highest BCUT2D eigenvalue weighted by Gasteiger charge is 2.39. The maximum Gasteiger partial charge on any atom is 0.251 e. The second kappa shape index (κ2) is 11.2. The highest BCUT2D eigenvalue weighted by Crippen LogP contribution is 2.50. The van der Waals surface area contributed by atoms with E-state index in [1.807, 2.05) is 17.0 Å². The number of aryl methyl sites for hydroxylation is 1. The number of aromatic nitrogens is 2. The van der Waals surface area contributed by atoms with Crippen molar-refractivity contribution in [1.29, 1.82) is 0 Å². The van der Waals surface area contributed by atoms with Gasteiger partial charge in [-0.25, -0.2) is 9.97 Å². The summed E-state index contributed by atoms with van der Waals surface area (Å²) in [5, 5.41) is 3.07. The van der Waals surface area contributed by atoms with E-state index in [9.17, 15) is 9.59 Å². The lowest BCUT2D eigenvalue weighted by Gasteiger charge is -2.35. The number of amides is 2. The Morgan fingerprint density at radius 1 is 0.973 bits per heavy atom. The van der Waals surface area contributed by atoms with E-state index in [-0.39, 0.29) is 11.8 Å². The molecule has 2 fully saturated rings. The van der Waals surface area contributed by atoms with Gasteiger partial charge < -0.3 is 15.1 Å². The monoisotopic (exact) mass is 497 g/mol. The number of nitrogens with one attached hydrogen (secondary N) is 1. The lowest BCUT2D eigenvalue weighted by molar-refractivity contribution is -0.135. The van der Waals surface area contributed by atoms with Crippen molar-refractivity contribution in [3.8, 4) is 11.4 Å². The Bertz CT molecular complexity index is 1200. The molecular weight excluding hydrogens is 462 g/mol. The van der Waals surface area contributed by atoms with Crippen LogP contribution in [0.2, 0.25) is 0 Å². The van der Waals surface area contributed by atoms with Crippen LogP contribution in [0.25, 0.3) is 11.4 Å². The maximum absolute atomic E-state index is 13.5. The molecule has 5 rings (SSSR count). The van der Waals surface area contributed by atoms with Gasteiger partial charge in [-0.15, -0.1) is 0 Å². The van der Waals surface area contributed by atoms with Gasteiger partial charge in [0.05, 0.1) is 0 Å². The topological polar surface area (TPSA) is 78.4 Å². The predicted octanol–water partition coefficient (Wildman–Crippen LogP) is 3.91. The summed E-state index contributed by atoms with van der Waals surface area (Å²) in [5.41, 5.74) is 4.02. The van der Waals surface area contributed by atoms with Crippen molar-refractivity contribution in [1.82, 2.24) is 25.1 Å². The number of piperazine rings is 1. The number of carbonyl (C=O) groups is 2. The van der Waals surface area contributed by atoms with E-state index in [0.717, 1.165) is 31.5 Å². The van der Waals surface area contributed by atoms with Crippen LogP contribution in [0.1, 0.15) is 46.7 Å². The first kappa shape index (κ1) is 25.1. The Morgan fingerprint density at radius 3 is 2.32 bits per heavy atom. The maximum atomic E-state index is 13.5. The summed E-state index contributed by atoms with van der Waals surface area (Å²) < 4.78 is 0. The molecule has 0 bridgehead atoms. The molecule has 1 aliphatic carbocycles. The summed E-state index contributed by atoms with van der Waals surface area (Å²) >= 11 is 0. The van der Waals surface area contributed by atoms with Gasteiger partial charge in [0.15, 0.2) is 5.82 Å². The van der Waals surface area contributed by atoms with Crippen molar-refractivity contribution in [3.63, 3.8) is 0 Å². The van der Waals surface area contributed by atoms with Gasteiger partial charge in [-0.2, -0.15) is 0 Å². The first-order valence-corrected chi connectivity index (χ1v) is 13.2. The minimum Gasteiger partial charge on any atom is -0.340 e. The van der Waals surface area contributed by atoms with Crippen LogP contribution in [0, 0.1) is 12.8 Å². The van der Waals surface area contributed by atoms with Gasteiger partial charge >= 0.3 is 0 Å². The lowest BCUT2D eigenvalue weighted by atomic mass is 10.0. The number of rotatable bonds is 8. The summed E-state index contributed by atoms with van der Waals surface area (Å²) in [6.07, 6.45) is 6.12. The van der Waals surface area contributed by atoms with Gasteiger partial charge in [0, 0.05) is 49.7 Å². The Labute approximate surface area is 218 Å². The normalized spacial score (nSPS) is 20.3. The van der Waals surface area contributed by atoms with E-state index < -0.39 is 6.04 Å². The Kier molecular flexibility index (Phi) is 7.60. The first-order chi connectivity index (χ1) is 18.0. The number of nitrogens with zero attached hydrogens (tertiary/aromatic N) is 4. The summed E-state index contributed by atoms with van der Waals surface area (Å²) in [4.78, 5) is 39.4. The molecule has 7 heteroatoms. The zero-order chi connectivity index (χ0) is 25.8. The molecule has 1 N–H and O–H groups in total. The van der Waals surface area contributed by atoms with Crippen LogP contribution in [-0.4, -0.2) is 70.9 Å². The number of benzene rings is 2. The first-order valence-electron chi connectivity index (χ1n) is 13.2. The Hall–Kier alpha value is -3.58. The molecule has 0 spiro atoms. The Balaban J connectivity index is 1.24. The zero-order valence-electron chi connectivity index (χ0n) is 21.6. The fourth-order valence-corrected chi connectivity index (χ4v) is 5.13. The minimum atomic E-state index is -0.521. The van der Waals surface area contributed by atoms with Gasteiger partial charge in [-0.1, -0.05) is 42.0 Å². The summed E-state index contributed by atoms with van der Waals surface area (Å²) in [6, 6.07) is 17.3. The van der Waals surface area contributed by atoms with Gasteiger partial charge in [-0.3, -0.25) is 9.59 Å². The quantitative estimate of drug-likeness (QED) is 0.511. The molecule has 1 unspecified atom stereocenters. The van der Waals surface area contributed by atoms with E-state index >= 15 is 0 Å². The molecule has 1 aliphatic heterocycles. The molecular formula is C30H35N5O2. The summed E-state index contributed by atoms with van der Waals surface area (Å²) in [7, 11) is 2.07. The van der Waals surface area contributed by atoms with Crippen molar-refractivity contribution < 1.29 is 9.59 Å². The van der Waals surface area contributed by atoms with E-state index in [2.05, 4.69) is 58.4 Å². The third-order valence-electron chi connectivity index (χ3n) is 7.64. The van der Waals surface area contributed by atoms with Crippen molar-refractivity contribution >= 4 is 11.8 Å². The standard InChI is InChI=1S/C30H35N5O2/c1-21-4-6-22(7-5-21)26-20-25(26)12-13-27(30(37)35-18-16-34(2)17-19-35)33-29(36)24-10-8-23(9-11-24)28-31-14-3-15-32-28/h3-11,14-15,25-27H,12-13,16-20H2,1-2H3,(H,33,36)/t25-,26+,27?/m1/s1. The summed E-state index contributed by atoms with van der Waals surface area (Å²) in [6.45, 7) is 5.21. The highest BCUT2D eigenvalue weighted by molar-refractivity contribution is 5.97. The fraction of sp³-hybridized carbons (Fsp3) is 0.400. The van der Waals surface area contributed by atoms with Crippen LogP contribution < -0.4 is 5.32 Å². The molecule has 1 saturated carbocycles. The molecule has 2 amide bonds. The minimum absolute atomic E-state index is 0.0308. The number of hydrogen-bond donors (Lipinski definition) is 1. The van der Waals surface area contributed by atoms with Crippen molar-refractivity contribution in [2.24, 2.45) is 5.92 Å². The molecule has 192 valence electrons. The molecule has 1 saturated heterocycles. The van der Waals surface area contributed by atoms with Crippen LogP contribution in [0.5, 0.6) is 0 Å². The fourth-order valence-electron chi connectivity index (χ4n) is 5.13. The highest BCUT2D eigenvalue weighted by atomic mass is 16.2. The second-order valence-electron chi connectivity index (χ2n) is 10.4. The second-order valence-corrected chi connectivity index (χ2v) is 10.4. The average molecular weight is 498 g/mol. The van der Waals surface area contributed by atoms with Crippen molar-refractivity contribution in [2.75, 3.05) is 33.2 Å². The molecule has 2 aliphatic rings. The van der Waals surface area contributed by atoms with Gasteiger partial charge in [0.1, 0.15) is 6.04 Å². The molecule has 0 radical (unpaired) electrons. The van der Waals surface area contributed by atoms with Crippen LogP contribution in [0.15, 0.2) is 67.0 Å². The third-order valence-corrected chi connectivity index (χ3v) is 7.64. The van der Waals surface area contributed by atoms with E-state index in [0.29, 0.717) is 42.7 Å². The van der Waals surface area contributed by atoms with Crippen LogP contribution in [0.4, 0.5) is 0 Å².